The molecule has 0 spiro atoms. The lowest BCUT2D eigenvalue weighted by atomic mass is 10.1. The Morgan fingerprint density at radius 2 is 2.32 bits per heavy atom. The van der Waals surface area contributed by atoms with Gasteiger partial charge in [0.25, 0.3) is 5.91 Å². The number of aromatic nitrogens is 1. The van der Waals surface area contributed by atoms with Gasteiger partial charge in [0.2, 0.25) is 0 Å². The van der Waals surface area contributed by atoms with Crippen molar-refractivity contribution in [3.8, 4) is 6.07 Å². The van der Waals surface area contributed by atoms with Crippen LogP contribution in [0.25, 0.3) is 0 Å². The number of nitriles is 1. The maximum atomic E-state index is 12.4. The predicted molar refractivity (Wildman–Crippen MR) is 73.0 cm³/mol. The molecule has 5 heteroatoms. The van der Waals surface area contributed by atoms with E-state index in [0.717, 1.165) is 18.5 Å². The largest absolute Gasteiger partial charge is 0.323 e. The van der Waals surface area contributed by atoms with Crippen molar-refractivity contribution in [1.82, 2.24) is 9.88 Å². The average molecular weight is 278 g/mol. The van der Waals surface area contributed by atoms with Crippen LogP contribution in [0.4, 0.5) is 0 Å². The van der Waals surface area contributed by atoms with Crippen LogP contribution >= 0.6 is 11.6 Å². The molecule has 19 heavy (non-hydrogen) atoms. The molecule has 1 atom stereocenters. The molecule has 1 fully saturated rings. The number of pyridine rings is 1. The maximum absolute atomic E-state index is 12.4. The number of hydrogen-bond donors (Lipinski definition) is 0. The second-order valence-corrected chi connectivity index (χ2v) is 5.43. The van der Waals surface area contributed by atoms with Crippen molar-refractivity contribution < 1.29 is 4.79 Å². The summed E-state index contributed by atoms with van der Waals surface area (Å²) in [4.78, 5) is 18.3. The van der Waals surface area contributed by atoms with Gasteiger partial charge < -0.3 is 4.90 Å². The quantitative estimate of drug-likeness (QED) is 0.781. The Labute approximate surface area is 118 Å². The van der Waals surface area contributed by atoms with Crippen LogP contribution in [-0.4, -0.2) is 28.4 Å². The van der Waals surface area contributed by atoms with E-state index in [0.29, 0.717) is 17.3 Å². The van der Waals surface area contributed by atoms with Gasteiger partial charge in [0.05, 0.1) is 6.07 Å². The Balaban J connectivity index is 2.31. The molecule has 0 bridgehead atoms. The molecule has 0 aliphatic carbocycles. The Morgan fingerprint density at radius 3 is 2.95 bits per heavy atom. The van der Waals surface area contributed by atoms with Crippen molar-refractivity contribution in [3.63, 3.8) is 0 Å². The number of nitrogens with zero attached hydrogens (tertiary/aromatic N) is 3. The first-order chi connectivity index (χ1) is 9.02. The number of amides is 1. The maximum Gasteiger partial charge on any atom is 0.255 e. The third-order valence-corrected chi connectivity index (χ3v) is 3.51. The fourth-order valence-electron chi connectivity index (χ4n) is 2.25. The smallest absolute Gasteiger partial charge is 0.255 e. The molecule has 1 aromatic heterocycles. The van der Waals surface area contributed by atoms with Gasteiger partial charge in [0.1, 0.15) is 11.2 Å². The predicted octanol–water partition coefficient (Wildman–Crippen LogP) is 2.99. The van der Waals surface area contributed by atoms with Crippen LogP contribution in [-0.2, 0) is 0 Å². The van der Waals surface area contributed by atoms with Gasteiger partial charge in [-0.1, -0.05) is 25.4 Å². The number of halogens is 1. The summed E-state index contributed by atoms with van der Waals surface area (Å²) in [6.45, 7) is 4.63. The summed E-state index contributed by atoms with van der Waals surface area (Å²) in [5, 5.41) is 9.37. The van der Waals surface area contributed by atoms with Crippen molar-refractivity contribution in [2.75, 3.05) is 6.54 Å². The summed E-state index contributed by atoms with van der Waals surface area (Å²) in [7, 11) is 0. The number of carbonyl (C=O) groups excluding carboxylic acids is 1. The minimum absolute atomic E-state index is 0.129. The molecule has 1 aliphatic heterocycles. The lowest BCUT2D eigenvalue weighted by Gasteiger charge is -2.20. The molecule has 0 aromatic carbocycles. The first-order valence-electron chi connectivity index (χ1n) is 6.41. The zero-order valence-corrected chi connectivity index (χ0v) is 11.8. The van der Waals surface area contributed by atoms with E-state index in [-0.39, 0.29) is 17.9 Å². The molecule has 0 saturated carbocycles. The summed E-state index contributed by atoms with van der Waals surface area (Å²) in [6.07, 6.45) is 1.62. The highest BCUT2D eigenvalue weighted by Gasteiger charge is 2.29. The van der Waals surface area contributed by atoms with Gasteiger partial charge in [-0.2, -0.15) is 5.26 Å². The molecule has 1 amide bonds. The fraction of sp³-hybridized carbons (Fsp3) is 0.500. The molecule has 0 N–H and O–H groups in total. The van der Waals surface area contributed by atoms with Crippen LogP contribution in [0.1, 0.15) is 48.7 Å². The minimum Gasteiger partial charge on any atom is -0.323 e. The Kier molecular flexibility index (Phi) is 4.06. The van der Waals surface area contributed by atoms with E-state index in [4.69, 9.17) is 16.9 Å². The van der Waals surface area contributed by atoms with E-state index in [9.17, 15) is 4.79 Å². The van der Waals surface area contributed by atoms with Gasteiger partial charge in [-0.05, 0) is 30.9 Å². The minimum atomic E-state index is -0.318. The molecular formula is C14H16ClN3O. The highest BCUT2D eigenvalue weighted by atomic mass is 35.5. The second kappa shape index (κ2) is 5.58. The van der Waals surface area contributed by atoms with Crippen LogP contribution in [0, 0.1) is 11.3 Å². The van der Waals surface area contributed by atoms with Crippen LogP contribution < -0.4 is 0 Å². The molecule has 4 nitrogen and oxygen atoms in total. The molecule has 2 heterocycles. The summed E-state index contributed by atoms with van der Waals surface area (Å²) < 4.78 is 0. The van der Waals surface area contributed by atoms with E-state index < -0.39 is 0 Å². The number of likely N-dealkylation sites (tertiary alicyclic amines) is 1. The van der Waals surface area contributed by atoms with Crippen molar-refractivity contribution in [1.29, 1.82) is 5.26 Å². The van der Waals surface area contributed by atoms with Crippen molar-refractivity contribution in [3.05, 3.63) is 28.5 Å². The second-order valence-electron chi connectivity index (χ2n) is 5.04. The number of hydrogen-bond acceptors (Lipinski definition) is 3. The van der Waals surface area contributed by atoms with Gasteiger partial charge in [-0.3, -0.25) is 4.79 Å². The number of carbonyl (C=O) groups is 1. The molecule has 1 unspecified atom stereocenters. The first kappa shape index (κ1) is 13.8. The Bertz CT molecular complexity index is 536. The molecular weight excluding hydrogens is 262 g/mol. The van der Waals surface area contributed by atoms with E-state index in [1.807, 2.05) is 13.8 Å². The van der Waals surface area contributed by atoms with Gasteiger partial charge >= 0.3 is 0 Å². The van der Waals surface area contributed by atoms with E-state index >= 15 is 0 Å². The van der Waals surface area contributed by atoms with Gasteiger partial charge in [-0.25, -0.2) is 4.98 Å². The summed E-state index contributed by atoms with van der Waals surface area (Å²) in [5.41, 5.74) is 1.31. The third-order valence-electron chi connectivity index (χ3n) is 3.32. The summed E-state index contributed by atoms with van der Waals surface area (Å²) >= 11 is 5.97. The van der Waals surface area contributed by atoms with E-state index in [2.05, 4.69) is 11.1 Å². The lowest BCUT2D eigenvalue weighted by Crippen LogP contribution is -2.34. The summed E-state index contributed by atoms with van der Waals surface area (Å²) in [6, 6.07) is 5.20. The standard InChI is InChI=1S/C14H16ClN3O/c1-9(2)12-6-10(7-13(15)17-12)14(19)18-5-3-4-11(18)8-16/h6-7,9,11H,3-5H2,1-2H3. The molecule has 1 aromatic rings. The molecule has 1 aliphatic rings. The zero-order valence-electron chi connectivity index (χ0n) is 11.1. The summed E-state index contributed by atoms with van der Waals surface area (Å²) in [5.74, 6) is 0.0749. The lowest BCUT2D eigenvalue weighted by molar-refractivity contribution is 0.0764. The normalized spacial score (nSPS) is 18.7. The van der Waals surface area contributed by atoms with Gasteiger partial charge in [0.15, 0.2) is 0 Å². The van der Waals surface area contributed by atoms with Gasteiger partial charge in [-0.15, -0.1) is 0 Å². The van der Waals surface area contributed by atoms with Crippen LogP contribution in [0.5, 0.6) is 0 Å². The number of rotatable bonds is 2. The first-order valence-corrected chi connectivity index (χ1v) is 6.78. The van der Waals surface area contributed by atoms with Crippen LogP contribution in [0.3, 0.4) is 0 Å². The van der Waals surface area contributed by atoms with Crippen LogP contribution in [0.2, 0.25) is 5.15 Å². The third kappa shape index (κ3) is 2.87. The Morgan fingerprint density at radius 1 is 1.58 bits per heavy atom. The SMILES string of the molecule is CC(C)c1cc(C(=O)N2CCCC2C#N)cc(Cl)n1. The monoisotopic (exact) mass is 277 g/mol. The highest BCUT2D eigenvalue weighted by molar-refractivity contribution is 6.29. The topological polar surface area (TPSA) is 57.0 Å². The highest BCUT2D eigenvalue weighted by Crippen LogP contribution is 2.23. The van der Waals surface area contributed by atoms with Crippen molar-refractivity contribution in [2.45, 2.75) is 38.6 Å². The van der Waals surface area contributed by atoms with E-state index in [1.54, 1.807) is 17.0 Å². The molecule has 1 saturated heterocycles. The van der Waals surface area contributed by atoms with Crippen molar-refractivity contribution in [2.24, 2.45) is 0 Å². The fourth-order valence-corrected chi connectivity index (χ4v) is 2.46. The van der Waals surface area contributed by atoms with Crippen molar-refractivity contribution >= 4 is 17.5 Å². The Hall–Kier alpha value is -1.60. The zero-order chi connectivity index (χ0) is 14.0. The van der Waals surface area contributed by atoms with Gasteiger partial charge in [0, 0.05) is 17.8 Å². The average Bonchev–Trinajstić information content (AvgIpc) is 2.85. The molecule has 100 valence electrons. The van der Waals surface area contributed by atoms with Crippen LogP contribution in [0.15, 0.2) is 12.1 Å². The van der Waals surface area contributed by atoms with E-state index in [1.165, 1.54) is 0 Å². The molecule has 0 radical (unpaired) electrons. The molecule has 2 rings (SSSR count).